The second-order valence-corrected chi connectivity index (χ2v) is 9.10. The van der Waals surface area contributed by atoms with E-state index < -0.39 is 0 Å². The van der Waals surface area contributed by atoms with Crippen molar-refractivity contribution in [2.24, 2.45) is 0 Å². The molecule has 0 radical (unpaired) electrons. The summed E-state index contributed by atoms with van der Waals surface area (Å²) in [4.78, 5) is 16.9. The van der Waals surface area contributed by atoms with Crippen molar-refractivity contribution in [1.29, 1.82) is 0 Å². The van der Waals surface area contributed by atoms with Crippen molar-refractivity contribution in [2.45, 2.75) is 26.7 Å². The van der Waals surface area contributed by atoms with Gasteiger partial charge in [-0.25, -0.2) is 4.98 Å². The summed E-state index contributed by atoms with van der Waals surface area (Å²) in [6.07, 6.45) is 3.18. The van der Waals surface area contributed by atoms with E-state index in [4.69, 9.17) is 28.2 Å². The van der Waals surface area contributed by atoms with Gasteiger partial charge in [0.15, 0.2) is 10.7 Å². The van der Waals surface area contributed by atoms with Crippen LogP contribution in [0.25, 0.3) is 28.6 Å². The summed E-state index contributed by atoms with van der Waals surface area (Å²) in [6, 6.07) is 19.3. The fraction of sp³-hybridized carbons (Fsp3) is 0.148. The average Bonchev–Trinajstić information content (AvgIpc) is 3.22. The van der Waals surface area contributed by atoms with E-state index in [9.17, 15) is 4.79 Å². The molecule has 0 fully saturated rings. The molecular weight excluding hydrogens is 466 g/mol. The Labute approximate surface area is 208 Å². The highest BCUT2D eigenvalue weighted by Gasteiger charge is 2.12. The molecule has 0 aliphatic rings. The predicted molar refractivity (Wildman–Crippen MR) is 143 cm³/mol. The lowest BCUT2D eigenvalue weighted by molar-refractivity contribution is -0.115. The Balaban J connectivity index is 1.42. The number of nitrogens with zero attached hydrogens (tertiary/aromatic N) is 1. The third kappa shape index (κ3) is 5.71. The third-order valence-electron chi connectivity index (χ3n) is 5.27. The van der Waals surface area contributed by atoms with Crippen LogP contribution in [0.1, 0.15) is 36.5 Å². The molecule has 0 spiro atoms. The molecule has 0 aliphatic carbocycles. The summed E-state index contributed by atoms with van der Waals surface area (Å²) in [7, 11) is 0. The van der Waals surface area contributed by atoms with Gasteiger partial charge < -0.3 is 9.73 Å². The van der Waals surface area contributed by atoms with Crippen molar-refractivity contribution in [1.82, 2.24) is 10.3 Å². The highest BCUT2D eigenvalue weighted by Crippen LogP contribution is 2.30. The number of benzene rings is 3. The highest BCUT2D eigenvalue weighted by molar-refractivity contribution is 7.80. The van der Waals surface area contributed by atoms with Crippen LogP contribution in [-0.4, -0.2) is 16.0 Å². The summed E-state index contributed by atoms with van der Waals surface area (Å²) in [5, 5.41) is 6.20. The molecule has 1 heterocycles. The Morgan fingerprint density at radius 2 is 1.85 bits per heavy atom. The number of aryl methyl sites for hydroxylation is 1. The van der Waals surface area contributed by atoms with Gasteiger partial charge in [-0.2, -0.15) is 0 Å². The van der Waals surface area contributed by atoms with Gasteiger partial charge in [0.05, 0.1) is 10.7 Å². The Kier molecular flexibility index (Phi) is 7.10. The molecule has 1 amide bonds. The number of amides is 1. The summed E-state index contributed by atoms with van der Waals surface area (Å²) in [5.41, 5.74) is 6.04. The van der Waals surface area contributed by atoms with E-state index in [0.717, 1.165) is 22.2 Å². The van der Waals surface area contributed by atoms with Crippen molar-refractivity contribution in [3.05, 3.63) is 88.5 Å². The van der Waals surface area contributed by atoms with Crippen LogP contribution < -0.4 is 10.6 Å². The molecule has 0 saturated carbocycles. The first-order valence-electron chi connectivity index (χ1n) is 10.9. The standard InChI is InChI=1S/C27H24ClN3O2S/c1-16(2)19-8-5-18(6-9-19)7-13-25(32)31-27(34)30-23-15-20(10-11-21(23)28)26-29-22-12-4-17(3)14-24(22)33-26/h4-16H,1-3H3,(H2,30,31,32,34)/b13-7+. The van der Waals surface area contributed by atoms with Gasteiger partial charge in [0.25, 0.3) is 0 Å². The molecule has 172 valence electrons. The first-order valence-corrected chi connectivity index (χ1v) is 11.6. The fourth-order valence-corrected chi connectivity index (χ4v) is 3.76. The van der Waals surface area contributed by atoms with Gasteiger partial charge in [-0.15, -0.1) is 0 Å². The van der Waals surface area contributed by atoms with Crippen LogP contribution in [0.2, 0.25) is 5.02 Å². The molecule has 0 unspecified atom stereocenters. The van der Waals surface area contributed by atoms with Crippen LogP contribution in [0, 0.1) is 6.92 Å². The quantitative estimate of drug-likeness (QED) is 0.231. The van der Waals surface area contributed by atoms with E-state index >= 15 is 0 Å². The normalized spacial score (nSPS) is 11.3. The lowest BCUT2D eigenvalue weighted by atomic mass is 10.0. The minimum atomic E-state index is -0.341. The maximum absolute atomic E-state index is 12.3. The van der Waals surface area contributed by atoms with E-state index in [2.05, 4.69) is 41.6 Å². The third-order valence-corrected chi connectivity index (χ3v) is 5.81. The van der Waals surface area contributed by atoms with Crippen molar-refractivity contribution in [3.63, 3.8) is 0 Å². The molecule has 7 heteroatoms. The first kappa shape index (κ1) is 23.7. The van der Waals surface area contributed by atoms with E-state index in [1.807, 2.05) is 43.3 Å². The highest BCUT2D eigenvalue weighted by atomic mass is 35.5. The molecule has 0 atom stereocenters. The monoisotopic (exact) mass is 489 g/mol. The van der Waals surface area contributed by atoms with Gasteiger partial charge in [-0.1, -0.05) is 55.8 Å². The van der Waals surface area contributed by atoms with Gasteiger partial charge >= 0.3 is 0 Å². The number of hydrogen-bond acceptors (Lipinski definition) is 4. The molecule has 1 aromatic heterocycles. The Bertz CT molecular complexity index is 1390. The summed E-state index contributed by atoms with van der Waals surface area (Å²) in [6.45, 7) is 6.28. The van der Waals surface area contributed by atoms with Crippen LogP contribution in [0.15, 0.2) is 71.2 Å². The lowest BCUT2D eigenvalue weighted by Crippen LogP contribution is -2.32. The number of carbonyl (C=O) groups is 1. The largest absolute Gasteiger partial charge is 0.436 e. The van der Waals surface area contributed by atoms with Gasteiger partial charge in [-0.3, -0.25) is 10.1 Å². The zero-order chi connectivity index (χ0) is 24.2. The predicted octanol–water partition coefficient (Wildman–Crippen LogP) is 7.11. The molecule has 4 rings (SSSR count). The first-order chi connectivity index (χ1) is 16.3. The van der Waals surface area contributed by atoms with Crippen LogP contribution in [0.3, 0.4) is 0 Å². The molecule has 0 bridgehead atoms. The van der Waals surface area contributed by atoms with Crippen LogP contribution in [-0.2, 0) is 4.79 Å². The minimum Gasteiger partial charge on any atom is -0.436 e. The van der Waals surface area contributed by atoms with Gasteiger partial charge in [0, 0.05) is 11.6 Å². The number of halogens is 1. The number of nitrogens with one attached hydrogen (secondary N) is 2. The molecule has 5 nitrogen and oxygen atoms in total. The molecule has 4 aromatic rings. The maximum atomic E-state index is 12.3. The smallest absolute Gasteiger partial charge is 0.250 e. The minimum absolute atomic E-state index is 0.136. The Morgan fingerprint density at radius 1 is 1.09 bits per heavy atom. The Morgan fingerprint density at radius 3 is 2.59 bits per heavy atom. The number of aromatic nitrogens is 1. The SMILES string of the molecule is Cc1ccc2nc(-c3ccc(Cl)c(NC(=S)NC(=O)/C=C/c4ccc(C(C)C)cc4)c3)oc2c1. The lowest BCUT2D eigenvalue weighted by Gasteiger charge is -2.11. The van der Waals surface area contributed by atoms with Crippen molar-refractivity contribution in [2.75, 3.05) is 5.32 Å². The molecule has 0 aliphatic heterocycles. The van der Waals surface area contributed by atoms with Crippen molar-refractivity contribution < 1.29 is 9.21 Å². The number of carbonyl (C=O) groups excluding carboxylic acids is 1. The molecule has 3 aromatic carbocycles. The molecule has 2 N–H and O–H groups in total. The van der Waals surface area contributed by atoms with Crippen molar-refractivity contribution >= 4 is 57.7 Å². The van der Waals surface area contributed by atoms with Crippen LogP contribution in [0.5, 0.6) is 0 Å². The van der Waals surface area contributed by atoms with Crippen LogP contribution in [0.4, 0.5) is 5.69 Å². The number of rotatable bonds is 5. The summed E-state index contributed by atoms with van der Waals surface area (Å²) >= 11 is 11.6. The van der Waals surface area contributed by atoms with Crippen LogP contribution >= 0.6 is 23.8 Å². The summed E-state index contributed by atoms with van der Waals surface area (Å²) in [5.74, 6) is 0.593. The van der Waals surface area contributed by atoms with E-state index in [1.54, 1.807) is 18.2 Å². The number of anilines is 1. The molecule has 0 saturated heterocycles. The Hall–Kier alpha value is -3.48. The number of oxazole rings is 1. The van der Waals surface area contributed by atoms with E-state index in [1.165, 1.54) is 11.6 Å². The topological polar surface area (TPSA) is 67.2 Å². The zero-order valence-electron chi connectivity index (χ0n) is 19.1. The maximum Gasteiger partial charge on any atom is 0.250 e. The number of thiocarbonyl (C=S) groups is 1. The molecule has 34 heavy (non-hydrogen) atoms. The number of fused-ring (bicyclic) bond motifs is 1. The average molecular weight is 490 g/mol. The molecular formula is C27H24ClN3O2S. The second-order valence-electron chi connectivity index (χ2n) is 8.28. The van der Waals surface area contributed by atoms with Crippen molar-refractivity contribution in [3.8, 4) is 11.5 Å². The zero-order valence-corrected chi connectivity index (χ0v) is 20.6. The number of hydrogen-bond donors (Lipinski definition) is 2. The van der Waals surface area contributed by atoms with Gasteiger partial charge in [0.2, 0.25) is 11.8 Å². The van der Waals surface area contributed by atoms with Gasteiger partial charge in [0.1, 0.15) is 5.52 Å². The summed E-state index contributed by atoms with van der Waals surface area (Å²) < 4.78 is 5.90. The fourth-order valence-electron chi connectivity index (χ4n) is 3.38. The van der Waals surface area contributed by atoms with Gasteiger partial charge in [-0.05, 0) is 78.2 Å². The second kappa shape index (κ2) is 10.2. The van der Waals surface area contributed by atoms with E-state index in [-0.39, 0.29) is 11.0 Å². The van der Waals surface area contributed by atoms with E-state index in [0.29, 0.717) is 28.1 Å².